The zero-order valence-corrected chi connectivity index (χ0v) is 30.3. The normalized spacial score (nSPS) is 19.1. The highest BCUT2D eigenvalue weighted by Crippen LogP contribution is 2.28. The molecule has 1 saturated heterocycles. The first kappa shape index (κ1) is 39.1. The van der Waals surface area contributed by atoms with E-state index in [9.17, 15) is 29.4 Å². The number of amides is 3. The van der Waals surface area contributed by atoms with Crippen molar-refractivity contribution in [1.82, 2.24) is 25.4 Å². The fourth-order valence-electron chi connectivity index (χ4n) is 6.35. The Kier molecular flexibility index (Phi) is 15.0. The van der Waals surface area contributed by atoms with Crippen LogP contribution in [-0.2, 0) is 20.8 Å². The lowest BCUT2D eigenvalue weighted by atomic mass is 9.92. The SMILES string of the molecule is CCC(C)C(NC(=O)[C@H]1CCCCN1C)C(=O)N(C)C(CC(O)c1nc(C(=O)NC(Cc2ccccc2)CC(C)C(=O)O)cs1)C(C)C. The van der Waals surface area contributed by atoms with Gasteiger partial charge in [-0.3, -0.25) is 24.1 Å². The van der Waals surface area contributed by atoms with E-state index in [1.807, 2.05) is 65.1 Å². The summed E-state index contributed by atoms with van der Waals surface area (Å²) in [7, 11) is 3.67. The molecule has 4 N–H and O–H groups in total. The van der Waals surface area contributed by atoms with Crippen LogP contribution >= 0.6 is 11.3 Å². The van der Waals surface area contributed by atoms with E-state index in [4.69, 9.17) is 0 Å². The summed E-state index contributed by atoms with van der Waals surface area (Å²) in [4.78, 5) is 60.2. The Bertz CT molecular complexity index is 1350. The summed E-state index contributed by atoms with van der Waals surface area (Å²) in [6, 6.07) is 7.83. The van der Waals surface area contributed by atoms with Crippen molar-refractivity contribution >= 4 is 35.0 Å². The van der Waals surface area contributed by atoms with Crippen molar-refractivity contribution in [3.63, 3.8) is 0 Å². The summed E-state index contributed by atoms with van der Waals surface area (Å²) in [5.74, 6) is -2.43. The lowest BCUT2D eigenvalue weighted by molar-refractivity contribution is -0.141. The first-order valence-corrected chi connectivity index (χ1v) is 18.1. The molecule has 11 nitrogen and oxygen atoms in total. The van der Waals surface area contributed by atoms with Crippen LogP contribution in [0.5, 0.6) is 0 Å². The monoisotopic (exact) mass is 685 g/mol. The molecule has 48 heavy (non-hydrogen) atoms. The van der Waals surface area contributed by atoms with Gasteiger partial charge in [0.2, 0.25) is 11.8 Å². The summed E-state index contributed by atoms with van der Waals surface area (Å²) >= 11 is 1.17. The Morgan fingerprint density at radius 1 is 1.06 bits per heavy atom. The van der Waals surface area contributed by atoms with Crippen molar-refractivity contribution in [3.05, 3.63) is 52.0 Å². The molecule has 7 atom stereocenters. The number of aromatic nitrogens is 1. The second-order valence-corrected chi connectivity index (χ2v) is 14.7. The number of carbonyl (C=O) groups excluding carboxylic acids is 3. The number of nitrogens with one attached hydrogen (secondary N) is 2. The highest BCUT2D eigenvalue weighted by atomic mass is 32.1. The molecule has 0 saturated carbocycles. The van der Waals surface area contributed by atoms with Crippen molar-refractivity contribution in [1.29, 1.82) is 0 Å². The molecule has 0 bridgehead atoms. The number of likely N-dealkylation sites (N-methyl/N-ethyl adjacent to an activating group) is 2. The second kappa shape index (κ2) is 18.4. The highest BCUT2D eigenvalue weighted by Gasteiger charge is 2.36. The number of hydrogen-bond acceptors (Lipinski definition) is 8. The maximum absolute atomic E-state index is 14.0. The van der Waals surface area contributed by atoms with Gasteiger partial charge in [0.25, 0.3) is 5.91 Å². The summed E-state index contributed by atoms with van der Waals surface area (Å²) in [6.45, 7) is 10.4. The Balaban J connectivity index is 1.70. The van der Waals surface area contributed by atoms with Crippen LogP contribution in [0.2, 0.25) is 0 Å². The largest absolute Gasteiger partial charge is 0.481 e. The predicted molar refractivity (Wildman–Crippen MR) is 188 cm³/mol. The number of nitrogens with zero attached hydrogens (tertiary/aromatic N) is 3. The van der Waals surface area contributed by atoms with Gasteiger partial charge < -0.3 is 25.7 Å². The Morgan fingerprint density at radius 3 is 2.35 bits per heavy atom. The van der Waals surface area contributed by atoms with Gasteiger partial charge >= 0.3 is 5.97 Å². The summed E-state index contributed by atoms with van der Waals surface area (Å²) < 4.78 is 0. The number of likely N-dealkylation sites (tertiary alicyclic amines) is 1. The van der Waals surface area contributed by atoms with E-state index in [1.54, 1.807) is 24.3 Å². The van der Waals surface area contributed by atoms with Gasteiger partial charge in [-0.2, -0.15) is 0 Å². The third-order valence-corrected chi connectivity index (χ3v) is 10.6. The Hall–Kier alpha value is -3.35. The molecule has 1 aromatic heterocycles. The molecular formula is C36H55N5O6S. The maximum atomic E-state index is 14.0. The van der Waals surface area contributed by atoms with Crippen molar-refractivity contribution in [2.45, 2.75) is 110 Å². The Morgan fingerprint density at radius 2 is 1.75 bits per heavy atom. The van der Waals surface area contributed by atoms with Crippen LogP contribution in [0.3, 0.4) is 0 Å². The first-order valence-electron chi connectivity index (χ1n) is 17.2. The molecule has 1 aromatic carbocycles. The van der Waals surface area contributed by atoms with Gasteiger partial charge in [0.05, 0.1) is 12.0 Å². The standard InChI is InChI=1S/C36H55N5O6S/c1-8-23(4)31(39-33(44)28-16-12-13-17-40(28)6)35(45)41(7)29(22(2)3)20-30(42)34-38-27(21-48-34)32(43)37-26(18-24(5)36(46)47)19-25-14-10-9-11-15-25/h9-11,14-15,21-24,26,28-31,42H,8,12-13,16-20H2,1-7H3,(H,37,43)(H,39,44)(H,46,47)/t23?,24?,26?,28-,29?,30?,31?/m1/s1. The number of rotatable bonds is 17. The molecule has 1 aliphatic heterocycles. The van der Waals surface area contributed by atoms with Crippen LogP contribution < -0.4 is 10.6 Å². The average Bonchev–Trinajstić information content (AvgIpc) is 3.56. The van der Waals surface area contributed by atoms with E-state index in [0.717, 1.165) is 31.4 Å². The number of piperidine rings is 1. The molecule has 0 spiro atoms. The topological polar surface area (TPSA) is 152 Å². The highest BCUT2D eigenvalue weighted by molar-refractivity contribution is 7.09. The zero-order valence-electron chi connectivity index (χ0n) is 29.5. The number of aliphatic hydroxyl groups is 1. The molecule has 1 fully saturated rings. The van der Waals surface area contributed by atoms with E-state index < -0.39 is 36.0 Å². The van der Waals surface area contributed by atoms with E-state index in [-0.39, 0.29) is 54.3 Å². The van der Waals surface area contributed by atoms with Crippen LogP contribution in [0.25, 0.3) is 0 Å². The van der Waals surface area contributed by atoms with Crippen LogP contribution in [0.15, 0.2) is 35.7 Å². The fourth-order valence-corrected chi connectivity index (χ4v) is 7.15. The van der Waals surface area contributed by atoms with Gasteiger partial charge in [0, 0.05) is 30.9 Å². The van der Waals surface area contributed by atoms with Gasteiger partial charge in [-0.05, 0) is 56.7 Å². The minimum absolute atomic E-state index is 0.0101. The fraction of sp³-hybridized carbons (Fsp3) is 0.639. The molecule has 0 aliphatic carbocycles. The zero-order chi connectivity index (χ0) is 35.5. The smallest absolute Gasteiger partial charge is 0.306 e. The quantitative estimate of drug-likeness (QED) is 0.190. The molecular weight excluding hydrogens is 630 g/mol. The number of carbonyl (C=O) groups is 4. The lowest BCUT2D eigenvalue weighted by Crippen LogP contribution is -2.58. The van der Waals surface area contributed by atoms with E-state index in [0.29, 0.717) is 17.8 Å². The number of thiazole rings is 1. The number of carboxylic acid groups (broad SMARTS) is 1. The molecule has 0 radical (unpaired) electrons. The number of benzene rings is 1. The molecule has 3 rings (SSSR count). The van der Waals surface area contributed by atoms with Crippen LogP contribution in [0.1, 0.15) is 100 Å². The van der Waals surface area contributed by atoms with Gasteiger partial charge in [-0.25, -0.2) is 4.98 Å². The molecule has 266 valence electrons. The minimum atomic E-state index is -1.03. The average molecular weight is 686 g/mol. The van der Waals surface area contributed by atoms with Crippen molar-refractivity contribution in [3.8, 4) is 0 Å². The van der Waals surface area contributed by atoms with Crippen LogP contribution in [0, 0.1) is 17.8 Å². The molecule has 12 heteroatoms. The lowest BCUT2D eigenvalue weighted by Gasteiger charge is -2.38. The number of aliphatic hydroxyl groups excluding tert-OH is 1. The van der Waals surface area contributed by atoms with Gasteiger partial charge in [0.1, 0.15) is 22.8 Å². The minimum Gasteiger partial charge on any atom is -0.481 e. The van der Waals surface area contributed by atoms with Crippen LogP contribution in [0.4, 0.5) is 0 Å². The first-order chi connectivity index (χ1) is 22.7. The third-order valence-electron chi connectivity index (χ3n) is 9.69. The van der Waals surface area contributed by atoms with E-state index >= 15 is 0 Å². The molecule has 2 aromatic rings. The summed E-state index contributed by atoms with van der Waals surface area (Å²) in [6.07, 6.45) is 3.41. The second-order valence-electron chi connectivity index (χ2n) is 13.8. The molecule has 1 aliphatic rings. The maximum Gasteiger partial charge on any atom is 0.306 e. The van der Waals surface area contributed by atoms with Crippen molar-refractivity contribution in [2.24, 2.45) is 17.8 Å². The number of carboxylic acids is 1. The van der Waals surface area contributed by atoms with E-state index in [2.05, 4.69) is 20.5 Å². The summed E-state index contributed by atoms with van der Waals surface area (Å²) in [5, 5.41) is 28.7. The third kappa shape index (κ3) is 10.8. The molecule has 3 amide bonds. The van der Waals surface area contributed by atoms with Gasteiger partial charge in [-0.15, -0.1) is 11.3 Å². The van der Waals surface area contributed by atoms with Gasteiger partial charge in [-0.1, -0.05) is 77.8 Å². The van der Waals surface area contributed by atoms with Gasteiger partial charge in [0.15, 0.2) is 0 Å². The van der Waals surface area contributed by atoms with Crippen molar-refractivity contribution in [2.75, 3.05) is 20.6 Å². The summed E-state index contributed by atoms with van der Waals surface area (Å²) in [5.41, 5.74) is 1.12. The van der Waals surface area contributed by atoms with Crippen LogP contribution in [-0.4, -0.2) is 93.5 Å². The number of aliphatic carboxylic acids is 1. The van der Waals surface area contributed by atoms with E-state index in [1.165, 1.54) is 11.3 Å². The van der Waals surface area contributed by atoms with Crippen molar-refractivity contribution < 1.29 is 29.4 Å². The molecule has 6 unspecified atom stereocenters. The Labute approximate surface area is 289 Å². The number of hydrogen-bond donors (Lipinski definition) is 4. The molecule has 2 heterocycles. The predicted octanol–water partition coefficient (Wildman–Crippen LogP) is 4.52.